The third kappa shape index (κ3) is 5.26. The molecule has 0 unspecified atom stereocenters. The summed E-state index contributed by atoms with van der Waals surface area (Å²) in [7, 11) is 0. The Balaban J connectivity index is 0.000000204. The van der Waals surface area contributed by atoms with Crippen molar-refractivity contribution >= 4 is 11.9 Å². The van der Waals surface area contributed by atoms with Gasteiger partial charge in [-0.2, -0.15) is 0 Å². The first-order valence-corrected chi connectivity index (χ1v) is 5.83. The van der Waals surface area contributed by atoms with Gasteiger partial charge >= 0.3 is 5.97 Å². The van der Waals surface area contributed by atoms with Crippen molar-refractivity contribution < 1.29 is 19.4 Å². The lowest BCUT2D eigenvalue weighted by Gasteiger charge is -1.98. The molecule has 0 N–H and O–H groups in total. The van der Waals surface area contributed by atoms with Gasteiger partial charge in [0.05, 0.1) is 18.1 Å². The number of rotatable bonds is 3. The van der Waals surface area contributed by atoms with Crippen molar-refractivity contribution in [1.29, 1.82) is 0 Å². The molecule has 0 aromatic carbocycles. The Kier molecular flexibility index (Phi) is 6.40. The molecule has 0 aliphatic heterocycles. The van der Waals surface area contributed by atoms with Crippen molar-refractivity contribution in [2.45, 2.75) is 6.92 Å². The number of carboxylic acid groups (broad SMARTS) is 1. The van der Waals surface area contributed by atoms with E-state index in [9.17, 15) is 14.7 Å². The van der Waals surface area contributed by atoms with E-state index in [2.05, 4.69) is 9.97 Å². The summed E-state index contributed by atoms with van der Waals surface area (Å²) in [5.74, 6) is -1.51. The molecule has 0 amide bonds. The number of esters is 1. The lowest BCUT2D eigenvalue weighted by atomic mass is 10.3. The Labute approximate surface area is 116 Å². The van der Waals surface area contributed by atoms with Gasteiger partial charge in [-0.05, 0) is 25.1 Å². The lowest BCUT2D eigenvalue weighted by molar-refractivity contribution is -0.255. The summed E-state index contributed by atoms with van der Waals surface area (Å²) in [5, 5.41) is 10.0. The Hall–Kier alpha value is -2.76. The zero-order chi connectivity index (χ0) is 14.8. The second kappa shape index (κ2) is 8.36. The molecule has 0 radical (unpaired) electrons. The molecule has 0 aliphatic carbocycles. The number of aromatic carboxylic acids is 1. The van der Waals surface area contributed by atoms with Gasteiger partial charge in [0.2, 0.25) is 0 Å². The highest BCUT2D eigenvalue weighted by Gasteiger charge is 2.03. The van der Waals surface area contributed by atoms with Crippen molar-refractivity contribution in [3.8, 4) is 0 Å². The maximum Gasteiger partial charge on any atom is 0.339 e. The molecule has 0 saturated carbocycles. The average Bonchev–Trinajstić information content (AvgIpc) is 2.50. The van der Waals surface area contributed by atoms with Crippen molar-refractivity contribution in [1.82, 2.24) is 9.97 Å². The van der Waals surface area contributed by atoms with Gasteiger partial charge in [-0.3, -0.25) is 9.97 Å². The van der Waals surface area contributed by atoms with E-state index >= 15 is 0 Å². The van der Waals surface area contributed by atoms with Gasteiger partial charge in [0.15, 0.2) is 0 Å². The lowest BCUT2D eigenvalue weighted by Crippen LogP contribution is -2.22. The highest BCUT2D eigenvalue weighted by molar-refractivity contribution is 5.88. The number of carbonyl (C=O) groups excluding carboxylic acids is 2. The summed E-state index contributed by atoms with van der Waals surface area (Å²) >= 11 is 0. The number of pyridine rings is 2. The molecule has 6 heteroatoms. The van der Waals surface area contributed by atoms with Gasteiger partial charge in [0, 0.05) is 30.4 Å². The molecule has 0 bridgehead atoms. The predicted octanol–water partition coefficient (Wildman–Crippen LogP) is 0.703. The fourth-order valence-corrected chi connectivity index (χ4v) is 1.18. The first-order chi connectivity index (χ1) is 9.65. The minimum atomic E-state index is -1.19. The zero-order valence-corrected chi connectivity index (χ0v) is 10.9. The van der Waals surface area contributed by atoms with Gasteiger partial charge in [-0.15, -0.1) is 0 Å². The van der Waals surface area contributed by atoms with Crippen LogP contribution >= 0.6 is 0 Å². The van der Waals surface area contributed by atoms with Crippen LogP contribution in [0.15, 0.2) is 49.1 Å². The molecule has 20 heavy (non-hydrogen) atoms. The van der Waals surface area contributed by atoms with Crippen molar-refractivity contribution in [3.63, 3.8) is 0 Å². The minimum Gasteiger partial charge on any atom is -0.545 e. The smallest absolute Gasteiger partial charge is 0.339 e. The number of carboxylic acids is 1. The second-order valence-corrected chi connectivity index (χ2v) is 3.49. The van der Waals surface area contributed by atoms with Crippen LogP contribution in [0.5, 0.6) is 0 Å². The van der Waals surface area contributed by atoms with Gasteiger partial charge in [0.1, 0.15) is 0 Å². The Morgan fingerprint density at radius 2 is 1.65 bits per heavy atom. The molecule has 0 saturated heterocycles. The van der Waals surface area contributed by atoms with Gasteiger partial charge in [-0.1, -0.05) is 6.07 Å². The molecule has 0 aliphatic rings. The Bertz CT molecular complexity index is 544. The summed E-state index contributed by atoms with van der Waals surface area (Å²) in [6.45, 7) is 2.17. The van der Waals surface area contributed by atoms with E-state index in [1.165, 1.54) is 24.7 Å². The van der Waals surface area contributed by atoms with E-state index in [0.717, 1.165) is 0 Å². The molecular formula is C14H13N2O4-. The van der Waals surface area contributed by atoms with Crippen LogP contribution in [-0.4, -0.2) is 28.5 Å². The van der Waals surface area contributed by atoms with Crippen LogP contribution < -0.4 is 5.11 Å². The summed E-state index contributed by atoms with van der Waals surface area (Å²) in [5.41, 5.74) is 0.604. The topological polar surface area (TPSA) is 92.2 Å². The molecule has 6 nitrogen and oxygen atoms in total. The Morgan fingerprint density at radius 3 is 2.00 bits per heavy atom. The van der Waals surface area contributed by atoms with Crippen LogP contribution in [0.2, 0.25) is 0 Å². The van der Waals surface area contributed by atoms with E-state index in [1.54, 1.807) is 31.3 Å². The van der Waals surface area contributed by atoms with Crippen LogP contribution in [-0.2, 0) is 4.74 Å². The van der Waals surface area contributed by atoms with Crippen LogP contribution in [0.25, 0.3) is 0 Å². The molecule has 2 aromatic heterocycles. The number of carbonyl (C=O) groups is 2. The molecule has 0 atom stereocenters. The molecule has 0 fully saturated rings. The quantitative estimate of drug-likeness (QED) is 0.764. The minimum absolute atomic E-state index is 0.109. The average molecular weight is 273 g/mol. The molecule has 0 spiro atoms. The molecule has 2 rings (SSSR count). The maximum absolute atomic E-state index is 11.0. The van der Waals surface area contributed by atoms with Gasteiger partial charge < -0.3 is 14.6 Å². The highest BCUT2D eigenvalue weighted by atomic mass is 16.5. The summed E-state index contributed by atoms with van der Waals surface area (Å²) in [6.07, 6.45) is 5.85. The molecule has 2 heterocycles. The standard InChI is InChI=1S/C8H9NO2.C6H5NO2/c1-2-11-8(10)7-4-3-5-9-6-7;8-6(9)5-2-1-3-7-4-5/h3-6H,2H2,1H3;1-4H,(H,8,9)/p-1. The van der Waals surface area contributed by atoms with E-state index in [0.29, 0.717) is 12.2 Å². The Morgan fingerprint density at radius 1 is 1.10 bits per heavy atom. The van der Waals surface area contributed by atoms with Gasteiger partial charge in [-0.25, -0.2) is 4.79 Å². The van der Waals surface area contributed by atoms with Crippen LogP contribution in [0.1, 0.15) is 27.6 Å². The normalized spacial score (nSPS) is 9.05. The first-order valence-electron chi connectivity index (χ1n) is 5.83. The first kappa shape index (κ1) is 15.3. The number of hydrogen-bond donors (Lipinski definition) is 0. The van der Waals surface area contributed by atoms with Gasteiger partial charge in [0.25, 0.3) is 0 Å². The number of ether oxygens (including phenoxy) is 1. The van der Waals surface area contributed by atoms with E-state index in [-0.39, 0.29) is 11.5 Å². The van der Waals surface area contributed by atoms with E-state index < -0.39 is 5.97 Å². The molecular weight excluding hydrogens is 260 g/mol. The van der Waals surface area contributed by atoms with Crippen molar-refractivity contribution in [2.75, 3.05) is 6.61 Å². The third-order valence-electron chi connectivity index (χ3n) is 2.07. The number of aromatic nitrogens is 2. The monoisotopic (exact) mass is 273 g/mol. The number of hydrogen-bond acceptors (Lipinski definition) is 6. The molecule has 2 aromatic rings. The second-order valence-electron chi connectivity index (χ2n) is 3.49. The fraction of sp³-hybridized carbons (Fsp3) is 0.143. The summed E-state index contributed by atoms with van der Waals surface area (Å²) in [4.78, 5) is 28.4. The number of nitrogens with zero attached hydrogens (tertiary/aromatic N) is 2. The maximum atomic E-state index is 11.0. The SMILES string of the molecule is CCOC(=O)c1cccnc1.O=C([O-])c1cccnc1. The van der Waals surface area contributed by atoms with Crippen molar-refractivity contribution in [3.05, 3.63) is 60.2 Å². The summed E-state index contributed by atoms with van der Waals surface area (Å²) in [6, 6.07) is 6.35. The van der Waals surface area contributed by atoms with Crippen LogP contribution in [0, 0.1) is 0 Å². The molecule has 104 valence electrons. The van der Waals surface area contributed by atoms with Crippen LogP contribution in [0.4, 0.5) is 0 Å². The van der Waals surface area contributed by atoms with Crippen molar-refractivity contribution in [2.24, 2.45) is 0 Å². The van der Waals surface area contributed by atoms with Crippen LogP contribution in [0.3, 0.4) is 0 Å². The third-order valence-corrected chi connectivity index (χ3v) is 2.07. The largest absolute Gasteiger partial charge is 0.545 e. The highest BCUT2D eigenvalue weighted by Crippen LogP contribution is 1.97. The summed E-state index contributed by atoms with van der Waals surface area (Å²) < 4.78 is 4.75. The zero-order valence-electron chi connectivity index (χ0n) is 10.9. The van der Waals surface area contributed by atoms with E-state index in [1.807, 2.05) is 0 Å². The predicted molar refractivity (Wildman–Crippen MR) is 68.8 cm³/mol. The fourth-order valence-electron chi connectivity index (χ4n) is 1.18. The van der Waals surface area contributed by atoms with E-state index in [4.69, 9.17) is 4.74 Å².